The molecule has 3 heterocycles. The van der Waals surface area contributed by atoms with Crippen LogP contribution in [-0.4, -0.2) is 51.3 Å². The fourth-order valence-corrected chi connectivity index (χ4v) is 6.06. The first-order valence-electron chi connectivity index (χ1n) is 9.76. The monoisotopic (exact) mass is 369 g/mol. The quantitative estimate of drug-likeness (QED) is 0.838. The van der Waals surface area contributed by atoms with Crippen molar-refractivity contribution in [2.45, 2.75) is 57.7 Å². The standard InChI is InChI=1S/C21H24FN3O2/c1-12(26)25-15-10-21(2)18(4-3-5-19(21)25)24(11-15)20(27)17-8-13-6-7-14(22)9-16(13)23-17/h6-9,15,18-19,23H,3-5,10-11H2,1-2H3/t15-,18+,19-,21+/m0/s1. The number of piperidine rings is 1. The molecule has 1 saturated carbocycles. The lowest BCUT2D eigenvalue weighted by Crippen LogP contribution is -2.57. The number of halogens is 1. The predicted molar refractivity (Wildman–Crippen MR) is 99.8 cm³/mol. The fraction of sp³-hybridized carbons (Fsp3) is 0.524. The summed E-state index contributed by atoms with van der Waals surface area (Å²) in [5.41, 5.74) is 1.09. The summed E-state index contributed by atoms with van der Waals surface area (Å²) in [6, 6.07) is 6.79. The van der Waals surface area contributed by atoms with Crippen molar-refractivity contribution in [3.63, 3.8) is 0 Å². The van der Waals surface area contributed by atoms with Gasteiger partial charge in [-0.3, -0.25) is 9.59 Å². The van der Waals surface area contributed by atoms with Crippen molar-refractivity contribution in [2.75, 3.05) is 6.54 Å². The first-order valence-corrected chi connectivity index (χ1v) is 9.76. The highest BCUT2D eigenvalue weighted by Crippen LogP contribution is 2.54. The zero-order valence-electron chi connectivity index (χ0n) is 15.7. The lowest BCUT2D eigenvalue weighted by atomic mass is 9.65. The molecule has 1 aliphatic carbocycles. The molecule has 1 N–H and O–H groups in total. The number of hydrogen-bond donors (Lipinski definition) is 1. The molecule has 1 aromatic heterocycles. The van der Waals surface area contributed by atoms with Crippen molar-refractivity contribution in [3.8, 4) is 0 Å². The smallest absolute Gasteiger partial charge is 0.270 e. The van der Waals surface area contributed by atoms with Crippen LogP contribution in [-0.2, 0) is 4.79 Å². The van der Waals surface area contributed by atoms with Gasteiger partial charge in [-0.15, -0.1) is 0 Å². The van der Waals surface area contributed by atoms with Crippen molar-refractivity contribution >= 4 is 22.7 Å². The van der Waals surface area contributed by atoms with E-state index in [1.54, 1.807) is 19.1 Å². The lowest BCUT2D eigenvalue weighted by molar-refractivity contribution is -0.132. The number of aromatic amines is 1. The summed E-state index contributed by atoms with van der Waals surface area (Å²) in [4.78, 5) is 32.8. The number of fused-ring (bicyclic) bond motifs is 2. The summed E-state index contributed by atoms with van der Waals surface area (Å²) in [5, 5.41) is 0.831. The van der Waals surface area contributed by atoms with Crippen LogP contribution in [0.5, 0.6) is 0 Å². The Labute approximate surface area is 157 Å². The summed E-state index contributed by atoms with van der Waals surface area (Å²) in [5.74, 6) is -0.248. The Morgan fingerprint density at radius 3 is 2.78 bits per heavy atom. The second-order valence-corrected chi connectivity index (χ2v) is 8.62. The molecule has 5 rings (SSSR count). The maximum absolute atomic E-state index is 13.5. The van der Waals surface area contributed by atoms with Gasteiger partial charge in [0.25, 0.3) is 5.91 Å². The third-order valence-corrected chi connectivity index (χ3v) is 7.11. The van der Waals surface area contributed by atoms with Crippen LogP contribution in [0.1, 0.15) is 50.0 Å². The fourth-order valence-electron chi connectivity index (χ4n) is 6.06. The molecular formula is C21H24FN3O2. The van der Waals surface area contributed by atoms with E-state index in [-0.39, 0.29) is 41.2 Å². The van der Waals surface area contributed by atoms with E-state index in [0.29, 0.717) is 17.8 Å². The molecular weight excluding hydrogens is 345 g/mol. The second-order valence-electron chi connectivity index (χ2n) is 8.62. The average Bonchev–Trinajstić information content (AvgIpc) is 3.16. The van der Waals surface area contributed by atoms with E-state index in [1.807, 2.05) is 9.80 Å². The van der Waals surface area contributed by atoms with Crippen LogP contribution >= 0.6 is 0 Å². The predicted octanol–water partition coefficient (Wildman–Crippen LogP) is 3.31. The number of rotatable bonds is 1. The SMILES string of the molecule is CC(=O)N1[C@@H]2CN(C(=O)c3cc4ccc(F)cc4[nH]3)[C@@H]3CCC[C@H]1[C@]3(C)C2. The molecule has 142 valence electrons. The number of amides is 2. The number of carbonyl (C=O) groups excluding carboxylic acids is 2. The number of likely N-dealkylation sites (tertiary alicyclic amines) is 2. The van der Waals surface area contributed by atoms with Crippen molar-refractivity contribution < 1.29 is 14.0 Å². The van der Waals surface area contributed by atoms with Gasteiger partial charge < -0.3 is 14.8 Å². The largest absolute Gasteiger partial charge is 0.350 e. The summed E-state index contributed by atoms with van der Waals surface area (Å²) < 4.78 is 13.5. The Morgan fingerprint density at radius 2 is 2.00 bits per heavy atom. The average molecular weight is 369 g/mol. The lowest BCUT2D eigenvalue weighted by Gasteiger charge is -2.49. The van der Waals surface area contributed by atoms with E-state index < -0.39 is 0 Å². The Hall–Kier alpha value is -2.37. The van der Waals surface area contributed by atoms with Crippen molar-refractivity contribution in [1.82, 2.24) is 14.8 Å². The van der Waals surface area contributed by atoms with Gasteiger partial charge in [-0.1, -0.05) is 6.92 Å². The van der Waals surface area contributed by atoms with Crippen LogP contribution in [0.25, 0.3) is 10.9 Å². The maximum atomic E-state index is 13.5. The molecule has 5 nitrogen and oxygen atoms in total. The molecule has 3 fully saturated rings. The number of carbonyl (C=O) groups is 2. The second kappa shape index (κ2) is 5.57. The first kappa shape index (κ1) is 16.8. The third kappa shape index (κ3) is 2.28. The third-order valence-electron chi connectivity index (χ3n) is 7.11. The number of nitrogens with zero attached hydrogens (tertiary/aromatic N) is 2. The summed E-state index contributed by atoms with van der Waals surface area (Å²) in [7, 11) is 0. The van der Waals surface area contributed by atoms with Gasteiger partial charge in [0.1, 0.15) is 11.5 Å². The highest BCUT2D eigenvalue weighted by atomic mass is 19.1. The van der Waals surface area contributed by atoms with Crippen LogP contribution in [0.15, 0.2) is 24.3 Å². The highest BCUT2D eigenvalue weighted by molar-refractivity contribution is 5.98. The maximum Gasteiger partial charge on any atom is 0.270 e. The van der Waals surface area contributed by atoms with Crippen LogP contribution in [0.2, 0.25) is 0 Å². The van der Waals surface area contributed by atoms with Gasteiger partial charge in [-0.25, -0.2) is 4.39 Å². The zero-order chi connectivity index (χ0) is 18.9. The minimum absolute atomic E-state index is 0.0411. The molecule has 6 heteroatoms. The van der Waals surface area contributed by atoms with E-state index in [1.165, 1.54) is 12.1 Å². The molecule has 0 unspecified atom stereocenters. The number of nitrogens with one attached hydrogen (secondary N) is 1. The Morgan fingerprint density at radius 1 is 1.22 bits per heavy atom. The van der Waals surface area contributed by atoms with Crippen molar-refractivity contribution in [2.24, 2.45) is 5.41 Å². The highest BCUT2D eigenvalue weighted by Gasteiger charge is 2.61. The first-order chi connectivity index (χ1) is 12.9. The van der Waals surface area contributed by atoms with Crippen LogP contribution in [0, 0.1) is 11.2 Å². The molecule has 2 saturated heterocycles. The molecule has 2 aromatic rings. The van der Waals surface area contributed by atoms with E-state index in [9.17, 15) is 14.0 Å². The van der Waals surface area contributed by atoms with E-state index in [2.05, 4.69) is 11.9 Å². The van der Waals surface area contributed by atoms with Gasteiger partial charge in [0.2, 0.25) is 5.91 Å². The summed E-state index contributed by atoms with van der Waals surface area (Å²) in [6.45, 7) is 4.47. The normalized spacial score (nSPS) is 32.2. The van der Waals surface area contributed by atoms with Gasteiger partial charge >= 0.3 is 0 Å². The Kier molecular flexibility index (Phi) is 3.46. The molecule has 3 aliphatic rings. The van der Waals surface area contributed by atoms with Gasteiger partial charge in [0.15, 0.2) is 0 Å². The number of H-pyrrole nitrogens is 1. The van der Waals surface area contributed by atoms with Crippen molar-refractivity contribution in [1.29, 1.82) is 0 Å². The number of hydrogen-bond acceptors (Lipinski definition) is 2. The topological polar surface area (TPSA) is 56.4 Å². The van der Waals surface area contributed by atoms with Gasteiger partial charge in [-0.2, -0.15) is 0 Å². The summed E-state index contributed by atoms with van der Waals surface area (Å²) in [6.07, 6.45) is 4.01. The Balaban J connectivity index is 1.53. The van der Waals surface area contributed by atoms with Gasteiger partial charge in [0.05, 0.1) is 6.04 Å². The molecule has 2 amide bonds. The number of aromatic nitrogens is 1. The van der Waals surface area contributed by atoms with Gasteiger partial charge in [0, 0.05) is 41.9 Å². The van der Waals surface area contributed by atoms with Crippen LogP contribution in [0.4, 0.5) is 4.39 Å². The number of benzene rings is 1. The van der Waals surface area contributed by atoms with E-state index in [0.717, 1.165) is 31.1 Å². The van der Waals surface area contributed by atoms with E-state index >= 15 is 0 Å². The molecule has 1 aromatic carbocycles. The van der Waals surface area contributed by atoms with Crippen LogP contribution < -0.4 is 0 Å². The Bertz CT molecular complexity index is 954. The zero-order valence-corrected chi connectivity index (χ0v) is 15.7. The molecule has 2 aliphatic heterocycles. The molecule has 0 spiro atoms. The molecule has 4 atom stereocenters. The summed E-state index contributed by atoms with van der Waals surface area (Å²) >= 11 is 0. The van der Waals surface area contributed by atoms with Crippen molar-refractivity contribution in [3.05, 3.63) is 35.8 Å². The van der Waals surface area contributed by atoms with Crippen LogP contribution in [0.3, 0.4) is 0 Å². The molecule has 0 radical (unpaired) electrons. The van der Waals surface area contributed by atoms with Gasteiger partial charge in [-0.05, 0) is 49.9 Å². The molecule has 2 bridgehead atoms. The minimum Gasteiger partial charge on any atom is -0.350 e. The molecule has 27 heavy (non-hydrogen) atoms. The minimum atomic E-state index is -0.320. The van der Waals surface area contributed by atoms with E-state index in [4.69, 9.17) is 0 Å².